The number of nitrogens with two attached hydrogens (primary N) is 1. The van der Waals surface area contributed by atoms with Gasteiger partial charge in [-0.05, 0) is 12.1 Å². The lowest BCUT2D eigenvalue weighted by Crippen LogP contribution is -2.10. The maximum atomic E-state index is 11.3. The van der Waals surface area contributed by atoms with Gasteiger partial charge in [0.05, 0.1) is 16.8 Å². The van der Waals surface area contributed by atoms with E-state index in [1.54, 1.807) is 0 Å². The van der Waals surface area contributed by atoms with Crippen LogP contribution in [-0.2, 0) is 10.1 Å². The number of nitrogen functional groups attached to an aromatic ring is 1. The van der Waals surface area contributed by atoms with Crippen molar-refractivity contribution in [1.82, 2.24) is 0 Å². The number of fused-ring (bicyclic) bond motifs is 1. The second-order valence-electron chi connectivity index (χ2n) is 4.15. The van der Waals surface area contributed by atoms with E-state index in [-0.39, 0.29) is 16.3 Å². The average Bonchev–Trinajstić information content (AvgIpc) is 2.36. The summed E-state index contributed by atoms with van der Waals surface area (Å²) in [4.78, 5) is 21.7. The number of anilines is 1. The van der Waals surface area contributed by atoms with Gasteiger partial charge in [-0.3, -0.25) is 4.55 Å². The van der Waals surface area contributed by atoms with Crippen molar-refractivity contribution >= 4 is 38.5 Å². The van der Waals surface area contributed by atoms with Crippen LogP contribution in [0.3, 0.4) is 0 Å². The van der Waals surface area contributed by atoms with Gasteiger partial charge in [0.1, 0.15) is 4.90 Å². The van der Waals surface area contributed by atoms with Gasteiger partial charge < -0.3 is 15.9 Å². The van der Waals surface area contributed by atoms with Gasteiger partial charge in [0.2, 0.25) is 0 Å². The summed E-state index contributed by atoms with van der Waals surface area (Å²) >= 11 is 0. The van der Waals surface area contributed by atoms with Crippen LogP contribution in [0.15, 0.2) is 29.2 Å². The highest BCUT2D eigenvalue weighted by Crippen LogP contribution is 2.33. The van der Waals surface area contributed by atoms with E-state index in [1.165, 1.54) is 18.2 Å². The van der Waals surface area contributed by atoms with Crippen molar-refractivity contribution in [1.29, 1.82) is 0 Å². The third-order valence-electron chi connectivity index (χ3n) is 2.90. The van der Waals surface area contributed by atoms with Crippen molar-refractivity contribution in [2.75, 3.05) is 5.73 Å². The number of aromatic carboxylic acids is 2. The molecule has 0 saturated heterocycles. The predicted octanol–water partition coefficient (Wildman–Crippen LogP) is 1.07. The van der Waals surface area contributed by atoms with Crippen LogP contribution in [0.25, 0.3) is 10.8 Å². The minimum atomic E-state index is -4.75. The van der Waals surface area contributed by atoms with Crippen LogP contribution in [0.1, 0.15) is 20.7 Å². The second kappa shape index (κ2) is 4.72. The Morgan fingerprint density at radius 3 is 2.10 bits per heavy atom. The molecule has 0 saturated carbocycles. The molecule has 21 heavy (non-hydrogen) atoms. The van der Waals surface area contributed by atoms with E-state index in [9.17, 15) is 18.0 Å². The van der Waals surface area contributed by atoms with Gasteiger partial charge in [-0.25, -0.2) is 9.59 Å². The largest absolute Gasteiger partial charge is 0.478 e. The number of carboxylic acid groups (broad SMARTS) is 2. The highest BCUT2D eigenvalue weighted by Gasteiger charge is 2.24. The molecule has 0 fully saturated rings. The Morgan fingerprint density at radius 2 is 1.62 bits per heavy atom. The minimum Gasteiger partial charge on any atom is -0.478 e. The molecule has 0 aromatic heterocycles. The summed E-state index contributed by atoms with van der Waals surface area (Å²) in [5, 5.41) is 18.0. The van der Waals surface area contributed by atoms with E-state index in [2.05, 4.69) is 0 Å². The third kappa shape index (κ3) is 2.39. The molecule has 0 bridgehead atoms. The Kier molecular flexibility index (Phi) is 3.32. The predicted molar refractivity (Wildman–Crippen MR) is 72.1 cm³/mol. The number of carboxylic acids is 2. The summed E-state index contributed by atoms with van der Waals surface area (Å²) < 4.78 is 31.6. The molecule has 0 aliphatic rings. The summed E-state index contributed by atoms with van der Waals surface area (Å²) in [6, 6.07) is 4.38. The first kappa shape index (κ1) is 14.8. The Labute approximate surface area is 118 Å². The van der Waals surface area contributed by atoms with Gasteiger partial charge in [0, 0.05) is 10.8 Å². The molecule has 5 N–H and O–H groups in total. The van der Waals surface area contributed by atoms with Gasteiger partial charge >= 0.3 is 11.9 Å². The monoisotopic (exact) mass is 311 g/mol. The SMILES string of the molecule is Nc1c(S(=O)(=O)O)cc(C(=O)O)c2c(C(=O)O)cccc12. The standard InChI is InChI=1S/C12H9NO7S/c13-10-5-2-1-3-6(11(14)15)9(5)7(12(16)17)4-8(10)21(18,19)20/h1-4H,13H2,(H,14,15)(H,16,17)(H,18,19,20). The van der Waals surface area contributed by atoms with Crippen LogP contribution < -0.4 is 5.73 Å². The highest BCUT2D eigenvalue weighted by atomic mass is 32.2. The second-order valence-corrected chi connectivity index (χ2v) is 5.54. The van der Waals surface area contributed by atoms with Crippen molar-refractivity contribution in [3.63, 3.8) is 0 Å². The van der Waals surface area contributed by atoms with Crippen molar-refractivity contribution in [3.05, 3.63) is 35.4 Å². The zero-order chi connectivity index (χ0) is 15.9. The first-order valence-electron chi connectivity index (χ1n) is 5.44. The van der Waals surface area contributed by atoms with Gasteiger partial charge in [-0.2, -0.15) is 8.42 Å². The van der Waals surface area contributed by atoms with Gasteiger partial charge in [-0.1, -0.05) is 12.1 Å². The zero-order valence-electron chi connectivity index (χ0n) is 10.3. The van der Waals surface area contributed by atoms with Crippen LogP contribution in [0, 0.1) is 0 Å². The molecule has 0 spiro atoms. The fourth-order valence-electron chi connectivity index (χ4n) is 2.04. The lowest BCUT2D eigenvalue weighted by molar-refractivity contribution is 0.0695. The maximum Gasteiger partial charge on any atom is 0.336 e. The lowest BCUT2D eigenvalue weighted by atomic mass is 9.98. The number of benzene rings is 2. The van der Waals surface area contributed by atoms with E-state index in [4.69, 9.17) is 20.5 Å². The Balaban J connectivity index is 3.12. The highest BCUT2D eigenvalue weighted by molar-refractivity contribution is 7.86. The quantitative estimate of drug-likeness (QED) is 0.484. The Bertz CT molecular complexity index is 886. The summed E-state index contributed by atoms with van der Waals surface area (Å²) in [6.45, 7) is 0. The van der Waals surface area contributed by atoms with Crippen LogP contribution in [0.2, 0.25) is 0 Å². The maximum absolute atomic E-state index is 11.3. The van der Waals surface area contributed by atoms with Crippen molar-refractivity contribution in [3.8, 4) is 0 Å². The molecule has 0 unspecified atom stereocenters. The molecule has 110 valence electrons. The molecule has 0 heterocycles. The van der Waals surface area contributed by atoms with Crippen LogP contribution >= 0.6 is 0 Å². The Morgan fingerprint density at radius 1 is 1.05 bits per heavy atom. The lowest BCUT2D eigenvalue weighted by Gasteiger charge is -2.12. The molecular formula is C12H9NO7S. The molecule has 2 rings (SSSR count). The summed E-state index contributed by atoms with van der Waals surface area (Å²) in [5.74, 6) is -2.93. The Hall–Kier alpha value is -2.65. The van der Waals surface area contributed by atoms with Crippen LogP contribution in [0.4, 0.5) is 5.69 Å². The molecule has 0 aliphatic heterocycles. The van der Waals surface area contributed by atoms with E-state index < -0.39 is 38.2 Å². The molecule has 2 aromatic rings. The number of rotatable bonds is 3. The van der Waals surface area contributed by atoms with E-state index in [0.717, 1.165) is 0 Å². The van der Waals surface area contributed by atoms with Crippen molar-refractivity contribution < 1.29 is 32.8 Å². The van der Waals surface area contributed by atoms with E-state index in [1.807, 2.05) is 0 Å². The topological polar surface area (TPSA) is 155 Å². The normalized spacial score (nSPS) is 11.5. The fourth-order valence-corrected chi connectivity index (χ4v) is 2.70. The molecule has 8 nitrogen and oxygen atoms in total. The minimum absolute atomic E-state index is 0.0811. The summed E-state index contributed by atoms with van der Waals surface area (Å²) in [5.41, 5.74) is 4.29. The molecule has 9 heteroatoms. The van der Waals surface area contributed by atoms with Crippen LogP contribution in [0.5, 0.6) is 0 Å². The number of hydrogen-bond donors (Lipinski definition) is 4. The van der Waals surface area contributed by atoms with Gasteiger partial charge in [0.25, 0.3) is 10.1 Å². The number of carbonyl (C=O) groups is 2. The first-order chi connectivity index (χ1) is 9.64. The van der Waals surface area contributed by atoms with Gasteiger partial charge in [0.15, 0.2) is 0 Å². The fraction of sp³-hybridized carbons (Fsp3) is 0. The molecule has 0 radical (unpaired) electrons. The van der Waals surface area contributed by atoms with Crippen LogP contribution in [-0.4, -0.2) is 35.1 Å². The van der Waals surface area contributed by atoms with Crippen molar-refractivity contribution in [2.45, 2.75) is 4.90 Å². The summed E-state index contributed by atoms with van der Waals surface area (Å²) in [7, 11) is -4.75. The molecule has 0 amide bonds. The smallest absolute Gasteiger partial charge is 0.336 e. The third-order valence-corrected chi connectivity index (χ3v) is 3.80. The molecule has 0 aliphatic carbocycles. The summed E-state index contributed by atoms with van der Waals surface area (Å²) in [6.07, 6.45) is 0. The molecular weight excluding hydrogens is 302 g/mol. The first-order valence-corrected chi connectivity index (χ1v) is 6.88. The molecule has 0 atom stereocenters. The average molecular weight is 311 g/mol. The van der Waals surface area contributed by atoms with E-state index >= 15 is 0 Å². The number of hydrogen-bond acceptors (Lipinski definition) is 5. The van der Waals surface area contributed by atoms with Gasteiger partial charge in [-0.15, -0.1) is 0 Å². The van der Waals surface area contributed by atoms with E-state index in [0.29, 0.717) is 6.07 Å². The van der Waals surface area contributed by atoms with Crippen molar-refractivity contribution in [2.24, 2.45) is 0 Å². The zero-order valence-corrected chi connectivity index (χ0v) is 11.1. The molecule has 2 aromatic carbocycles.